The summed E-state index contributed by atoms with van der Waals surface area (Å²) in [5, 5.41) is 0. The number of methoxy groups -OCH3 is 2. The van der Waals surface area contributed by atoms with Crippen LogP contribution < -0.4 is 0 Å². The van der Waals surface area contributed by atoms with Gasteiger partial charge in [-0.05, 0) is 26.7 Å². The number of esters is 2. The van der Waals surface area contributed by atoms with Crippen LogP contribution in [0.25, 0.3) is 0 Å². The first kappa shape index (κ1) is 22.6. The second-order valence-electron chi connectivity index (χ2n) is 6.58. The smallest absolute Gasteiger partial charge is 0.323 e. The molecule has 0 aliphatic heterocycles. The zero-order valence-electron chi connectivity index (χ0n) is 16.4. The molecule has 24 heavy (non-hydrogen) atoms. The van der Waals surface area contributed by atoms with Gasteiger partial charge in [-0.2, -0.15) is 0 Å². The van der Waals surface area contributed by atoms with Crippen LogP contribution in [-0.2, 0) is 19.1 Å². The quantitative estimate of drug-likeness (QED) is 0.248. The third-order valence-corrected chi connectivity index (χ3v) is 10.2. The van der Waals surface area contributed by atoms with Gasteiger partial charge < -0.3 is 9.47 Å². The van der Waals surface area contributed by atoms with Crippen LogP contribution in [0, 0.1) is 5.41 Å². The third kappa shape index (κ3) is 5.62. The van der Waals surface area contributed by atoms with E-state index < -0.39 is 25.4 Å². The lowest BCUT2D eigenvalue weighted by atomic mass is 9.80. The summed E-state index contributed by atoms with van der Waals surface area (Å²) in [5.74, 6) is -1.07. The van der Waals surface area contributed by atoms with Crippen molar-refractivity contribution in [3.63, 3.8) is 0 Å². The van der Waals surface area contributed by atoms with Crippen LogP contribution in [0.4, 0.5) is 0 Å². The highest BCUT2D eigenvalue weighted by Gasteiger charge is 2.46. The zero-order chi connectivity index (χ0) is 18.8. The number of carbonyl (C=O) groups is 2. The molecule has 0 heterocycles. The molecule has 0 aromatic carbocycles. The minimum atomic E-state index is -1.45. The summed E-state index contributed by atoms with van der Waals surface area (Å²) in [7, 11) is 1.18. The van der Waals surface area contributed by atoms with E-state index in [9.17, 15) is 9.59 Å². The predicted molar refractivity (Wildman–Crippen MR) is 101 cm³/mol. The maximum Gasteiger partial charge on any atom is 0.323 e. The second-order valence-corrected chi connectivity index (χ2v) is 11.8. The zero-order valence-corrected chi connectivity index (χ0v) is 17.4. The highest BCUT2D eigenvalue weighted by atomic mass is 28.3. The van der Waals surface area contributed by atoms with Crippen molar-refractivity contribution >= 4 is 20.0 Å². The molecule has 0 aromatic rings. The topological polar surface area (TPSA) is 52.6 Å². The molecule has 0 N–H and O–H groups in total. The largest absolute Gasteiger partial charge is 0.468 e. The van der Waals surface area contributed by atoms with Gasteiger partial charge in [-0.3, -0.25) is 9.59 Å². The second kappa shape index (κ2) is 10.5. The van der Waals surface area contributed by atoms with Crippen LogP contribution in [0.2, 0.25) is 18.1 Å². The van der Waals surface area contributed by atoms with Crippen LogP contribution in [0.15, 0.2) is 23.4 Å². The first-order chi connectivity index (χ1) is 11.3. The van der Waals surface area contributed by atoms with E-state index in [1.807, 2.05) is 26.0 Å². The fourth-order valence-corrected chi connectivity index (χ4v) is 5.71. The van der Waals surface area contributed by atoms with E-state index >= 15 is 0 Å². The normalized spacial score (nSPS) is 12.1. The number of hydrogen-bond acceptors (Lipinski definition) is 4. The van der Waals surface area contributed by atoms with E-state index in [0.717, 1.165) is 23.7 Å². The fourth-order valence-electron chi connectivity index (χ4n) is 2.88. The van der Waals surface area contributed by atoms with Gasteiger partial charge in [-0.1, -0.05) is 62.3 Å². The summed E-state index contributed by atoms with van der Waals surface area (Å²) < 4.78 is 9.88. The van der Waals surface area contributed by atoms with Crippen molar-refractivity contribution in [2.24, 2.45) is 5.41 Å². The van der Waals surface area contributed by atoms with E-state index in [2.05, 4.69) is 26.5 Å². The van der Waals surface area contributed by atoms with Gasteiger partial charge in [0.05, 0.1) is 22.3 Å². The molecule has 0 aliphatic rings. The van der Waals surface area contributed by atoms with Crippen LogP contribution in [0.5, 0.6) is 0 Å². The monoisotopic (exact) mass is 354 g/mol. The van der Waals surface area contributed by atoms with Crippen molar-refractivity contribution < 1.29 is 19.1 Å². The molecule has 0 rings (SSSR count). The molecule has 0 unspecified atom stereocenters. The summed E-state index contributed by atoms with van der Waals surface area (Å²) in [6.45, 7) is 10.6. The molecule has 0 saturated carbocycles. The maximum absolute atomic E-state index is 12.4. The number of allylic oxidation sites excluding steroid dienone is 3. The Kier molecular flexibility index (Phi) is 9.90. The average Bonchev–Trinajstić information content (AvgIpc) is 2.60. The van der Waals surface area contributed by atoms with Crippen LogP contribution in [0.1, 0.15) is 47.5 Å². The fraction of sp³-hybridized carbons (Fsp3) is 0.684. The van der Waals surface area contributed by atoms with Gasteiger partial charge in [0.25, 0.3) is 0 Å². The van der Waals surface area contributed by atoms with E-state index in [4.69, 9.17) is 9.47 Å². The Morgan fingerprint density at radius 3 is 1.71 bits per heavy atom. The summed E-state index contributed by atoms with van der Waals surface area (Å²) >= 11 is 0. The number of hydrogen-bond donors (Lipinski definition) is 0. The van der Waals surface area contributed by atoms with Crippen LogP contribution in [0.3, 0.4) is 0 Å². The average molecular weight is 355 g/mol. The molecular weight excluding hydrogens is 320 g/mol. The Hall–Kier alpha value is -1.36. The van der Waals surface area contributed by atoms with Gasteiger partial charge in [-0.25, -0.2) is 0 Å². The lowest BCUT2D eigenvalue weighted by molar-refractivity contribution is -0.168. The van der Waals surface area contributed by atoms with Crippen molar-refractivity contribution in [3.8, 4) is 0 Å². The number of carbonyl (C=O) groups excluding carboxylic acids is 2. The van der Waals surface area contributed by atoms with Crippen molar-refractivity contribution in [3.05, 3.63) is 23.4 Å². The third-order valence-electron chi connectivity index (χ3n) is 5.06. The van der Waals surface area contributed by atoms with Crippen molar-refractivity contribution in [2.75, 3.05) is 14.2 Å². The first-order valence-corrected chi connectivity index (χ1v) is 11.4. The summed E-state index contributed by atoms with van der Waals surface area (Å²) in [6, 6.07) is 3.48. The lowest BCUT2D eigenvalue weighted by Crippen LogP contribution is -2.41. The van der Waals surface area contributed by atoms with Crippen LogP contribution >= 0.6 is 0 Å². The first-order valence-electron chi connectivity index (χ1n) is 8.75. The number of rotatable bonds is 10. The molecule has 0 bridgehead atoms. The standard InChI is InChI=1S/C19H34O4Si/c1-8-24(9-2,10-3)15-11-13-19(17(20)22-6,18(21)23-7)14-12-16(4)5/h11-12,15H,8-10,13-14H2,1-7H3/b15-11+. The molecule has 0 radical (unpaired) electrons. The molecular formula is C19H34O4Si. The molecule has 138 valence electrons. The minimum absolute atomic E-state index is 0.290. The Bertz CT molecular complexity index is 447. The molecule has 0 aliphatic carbocycles. The van der Waals surface area contributed by atoms with Crippen molar-refractivity contribution in [2.45, 2.75) is 65.6 Å². The van der Waals surface area contributed by atoms with Gasteiger partial charge >= 0.3 is 11.9 Å². The Morgan fingerprint density at radius 1 is 0.917 bits per heavy atom. The molecule has 5 heteroatoms. The summed E-state index contributed by atoms with van der Waals surface area (Å²) in [6.07, 6.45) is 4.50. The lowest BCUT2D eigenvalue weighted by Gasteiger charge is -2.28. The van der Waals surface area contributed by atoms with Gasteiger partial charge in [-0.15, -0.1) is 0 Å². The highest BCUT2D eigenvalue weighted by molar-refractivity contribution is 6.84. The molecule has 0 fully saturated rings. The Balaban J connectivity index is 5.72. The molecule has 0 aromatic heterocycles. The van der Waals surface area contributed by atoms with Gasteiger partial charge in [0.1, 0.15) is 0 Å². The molecule has 0 atom stereocenters. The highest BCUT2D eigenvalue weighted by Crippen LogP contribution is 2.33. The summed E-state index contributed by atoms with van der Waals surface area (Å²) in [4.78, 5) is 24.9. The Morgan fingerprint density at radius 2 is 1.38 bits per heavy atom. The molecule has 0 saturated heterocycles. The maximum atomic E-state index is 12.4. The van der Waals surface area contributed by atoms with Crippen molar-refractivity contribution in [1.82, 2.24) is 0 Å². The van der Waals surface area contributed by atoms with Gasteiger partial charge in [0, 0.05) is 0 Å². The SMILES string of the molecule is CC[Si](/C=C/CC(CC=C(C)C)(C(=O)OC)C(=O)OC)(CC)CC. The van der Waals surface area contributed by atoms with E-state index in [0.29, 0.717) is 6.42 Å². The number of ether oxygens (including phenoxy) is 2. The Labute approximate surface area is 148 Å². The minimum Gasteiger partial charge on any atom is -0.468 e. The molecule has 0 spiro atoms. The molecule has 0 amide bonds. The van der Waals surface area contributed by atoms with Crippen LogP contribution in [-0.4, -0.2) is 34.2 Å². The van der Waals surface area contributed by atoms with Crippen molar-refractivity contribution in [1.29, 1.82) is 0 Å². The van der Waals surface area contributed by atoms with E-state index in [1.54, 1.807) is 0 Å². The van der Waals surface area contributed by atoms with E-state index in [1.165, 1.54) is 14.2 Å². The van der Waals surface area contributed by atoms with E-state index in [-0.39, 0.29) is 6.42 Å². The van der Waals surface area contributed by atoms with Gasteiger partial charge in [0.15, 0.2) is 5.41 Å². The summed E-state index contributed by atoms with van der Waals surface area (Å²) in [5.41, 5.74) is 2.04. The molecule has 4 nitrogen and oxygen atoms in total. The predicted octanol–water partition coefficient (Wildman–Crippen LogP) is 4.67. The van der Waals surface area contributed by atoms with Gasteiger partial charge in [0.2, 0.25) is 0 Å².